The van der Waals surface area contributed by atoms with Crippen LogP contribution in [0.5, 0.6) is 5.75 Å². The summed E-state index contributed by atoms with van der Waals surface area (Å²) in [4.78, 5) is 24.5. The molecule has 142 valence electrons. The fraction of sp³-hybridized carbons (Fsp3) is 0.0476. The summed E-state index contributed by atoms with van der Waals surface area (Å²) < 4.78 is 5.40. The van der Waals surface area contributed by atoms with Gasteiger partial charge in [0.25, 0.3) is 11.8 Å². The maximum atomic E-state index is 12.4. The summed E-state index contributed by atoms with van der Waals surface area (Å²) >= 11 is 11.8. The van der Waals surface area contributed by atoms with Crippen LogP contribution in [0.4, 0.5) is 11.4 Å². The van der Waals surface area contributed by atoms with Crippen LogP contribution in [0, 0.1) is 0 Å². The van der Waals surface area contributed by atoms with Crippen molar-refractivity contribution in [1.82, 2.24) is 0 Å². The van der Waals surface area contributed by atoms with Crippen molar-refractivity contribution >= 4 is 46.4 Å². The number of carbonyl (C=O) groups excluding carboxylic acids is 2. The van der Waals surface area contributed by atoms with Crippen LogP contribution < -0.4 is 15.4 Å². The Hall–Kier alpha value is -3.02. The zero-order valence-electron chi connectivity index (χ0n) is 14.6. The Bertz CT molecular complexity index is 994. The number of amides is 2. The fourth-order valence-corrected chi connectivity index (χ4v) is 2.86. The molecule has 28 heavy (non-hydrogen) atoms. The van der Waals surface area contributed by atoms with Gasteiger partial charge in [0.2, 0.25) is 0 Å². The van der Waals surface area contributed by atoms with E-state index in [1.54, 1.807) is 48.5 Å². The van der Waals surface area contributed by atoms with Gasteiger partial charge >= 0.3 is 0 Å². The molecule has 0 aliphatic heterocycles. The van der Waals surface area contributed by atoms with Crippen molar-refractivity contribution in [2.75, 3.05) is 17.2 Å². The van der Waals surface area contributed by atoms with E-state index in [2.05, 4.69) is 10.6 Å². The van der Waals surface area contributed by atoms with Crippen LogP contribution in [0.15, 0.2) is 72.8 Å². The second-order valence-corrected chi connectivity index (χ2v) is 6.66. The molecule has 3 aromatic carbocycles. The summed E-state index contributed by atoms with van der Waals surface area (Å²) in [5.74, 6) is -0.296. The first kappa shape index (κ1) is 19.7. The summed E-state index contributed by atoms with van der Waals surface area (Å²) in [5, 5.41) is 6.28. The van der Waals surface area contributed by atoms with Crippen LogP contribution in [-0.4, -0.2) is 18.4 Å². The summed E-state index contributed by atoms with van der Waals surface area (Å²) in [6.07, 6.45) is 0. The highest BCUT2D eigenvalue weighted by Gasteiger charge is 2.10. The van der Waals surface area contributed by atoms with Gasteiger partial charge < -0.3 is 15.4 Å². The Balaban J connectivity index is 1.59. The Morgan fingerprint density at radius 2 is 1.57 bits per heavy atom. The van der Waals surface area contributed by atoms with Gasteiger partial charge in [0.1, 0.15) is 5.75 Å². The van der Waals surface area contributed by atoms with Crippen LogP contribution >= 0.6 is 23.2 Å². The number of benzene rings is 3. The van der Waals surface area contributed by atoms with Gasteiger partial charge in [-0.3, -0.25) is 9.59 Å². The lowest BCUT2D eigenvalue weighted by atomic mass is 10.2. The fourth-order valence-electron chi connectivity index (χ4n) is 2.40. The van der Waals surface area contributed by atoms with Crippen LogP contribution in [0.2, 0.25) is 10.0 Å². The molecule has 0 aliphatic rings. The van der Waals surface area contributed by atoms with Gasteiger partial charge in [0.15, 0.2) is 6.61 Å². The van der Waals surface area contributed by atoms with Crippen LogP contribution in [0.1, 0.15) is 10.4 Å². The third-order valence-corrected chi connectivity index (χ3v) is 4.22. The third kappa shape index (κ3) is 5.49. The molecule has 0 spiro atoms. The number of hydrogen-bond acceptors (Lipinski definition) is 3. The summed E-state index contributed by atoms with van der Waals surface area (Å²) in [7, 11) is 0. The molecule has 5 nitrogen and oxygen atoms in total. The zero-order valence-corrected chi connectivity index (χ0v) is 16.1. The summed E-state index contributed by atoms with van der Waals surface area (Å²) in [6.45, 7) is -0.234. The molecule has 0 unspecified atom stereocenters. The minimum atomic E-state index is -0.383. The number of rotatable bonds is 6. The van der Waals surface area contributed by atoms with Crippen molar-refractivity contribution in [3.8, 4) is 5.75 Å². The predicted octanol–water partition coefficient (Wildman–Crippen LogP) is 5.26. The van der Waals surface area contributed by atoms with Crippen LogP contribution in [-0.2, 0) is 4.79 Å². The monoisotopic (exact) mass is 414 g/mol. The number of para-hydroxylation sites is 1. The van der Waals surface area contributed by atoms with Gasteiger partial charge in [-0.1, -0.05) is 47.5 Å². The van der Waals surface area contributed by atoms with Crippen molar-refractivity contribution in [2.45, 2.75) is 0 Å². The van der Waals surface area contributed by atoms with E-state index in [4.69, 9.17) is 27.9 Å². The predicted molar refractivity (Wildman–Crippen MR) is 111 cm³/mol. The molecule has 0 aromatic heterocycles. The minimum absolute atomic E-state index is 0.234. The SMILES string of the molecule is O=C(COc1ccc(Cl)cc1Cl)Nc1cccc(C(=O)Nc2ccccc2)c1. The van der Waals surface area contributed by atoms with Crippen molar-refractivity contribution < 1.29 is 14.3 Å². The molecular weight excluding hydrogens is 399 g/mol. The van der Waals surface area contributed by atoms with Crippen LogP contribution in [0.25, 0.3) is 0 Å². The molecule has 0 fully saturated rings. The number of hydrogen-bond donors (Lipinski definition) is 2. The molecule has 0 radical (unpaired) electrons. The minimum Gasteiger partial charge on any atom is -0.482 e. The largest absolute Gasteiger partial charge is 0.482 e. The van der Waals surface area contributed by atoms with Gasteiger partial charge in [-0.05, 0) is 48.5 Å². The molecule has 0 saturated heterocycles. The molecule has 0 atom stereocenters. The molecule has 3 rings (SSSR count). The van der Waals surface area contributed by atoms with Gasteiger partial charge in [-0.15, -0.1) is 0 Å². The lowest BCUT2D eigenvalue weighted by Crippen LogP contribution is -2.20. The topological polar surface area (TPSA) is 67.4 Å². The molecule has 0 bridgehead atoms. The first-order valence-corrected chi connectivity index (χ1v) is 9.11. The lowest BCUT2D eigenvalue weighted by molar-refractivity contribution is -0.118. The maximum Gasteiger partial charge on any atom is 0.262 e. The number of nitrogens with one attached hydrogen (secondary N) is 2. The van der Waals surface area contributed by atoms with Gasteiger partial charge in [-0.25, -0.2) is 0 Å². The highest BCUT2D eigenvalue weighted by molar-refractivity contribution is 6.35. The van der Waals surface area contributed by atoms with E-state index in [1.165, 1.54) is 6.07 Å². The van der Waals surface area contributed by atoms with Gasteiger partial charge in [0, 0.05) is 22.0 Å². The van der Waals surface area contributed by atoms with E-state index in [-0.39, 0.29) is 18.4 Å². The number of halogens is 2. The van der Waals surface area contributed by atoms with E-state index in [1.807, 2.05) is 18.2 Å². The van der Waals surface area contributed by atoms with E-state index in [0.717, 1.165) is 0 Å². The molecule has 0 heterocycles. The van der Waals surface area contributed by atoms with Crippen LogP contribution in [0.3, 0.4) is 0 Å². The van der Waals surface area contributed by atoms with E-state index in [9.17, 15) is 9.59 Å². The normalized spacial score (nSPS) is 10.2. The van der Waals surface area contributed by atoms with Gasteiger partial charge in [0.05, 0.1) is 5.02 Å². The first-order valence-electron chi connectivity index (χ1n) is 8.35. The average molecular weight is 415 g/mol. The van der Waals surface area contributed by atoms with E-state index < -0.39 is 0 Å². The highest BCUT2D eigenvalue weighted by atomic mass is 35.5. The second-order valence-electron chi connectivity index (χ2n) is 5.81. The zero-order chi connectivity index (χ0) is 19.9. The number of ether oxygens (including phenoxy) is 1. The lowest BCUT2D eigenvalue weighted by Gasteiger charge is -2.10. The molecule has 7 heteroatoms. The third-order valence-electron chi connectivity index (χ3n) is 3.69. The molecular formula is C21H16Cl2N2O3. The average Bonchev–Trinajstić information content (AvgIpc) is 2.68. The quantitative estimate of drug-likeness (QED) is 0.577. The number of anilines is 2. The molecule has 2 N–H and O–H groups in total. The Kier molecular flexibility index (Phi) is 6.53. The highest BCUT2D eigenvalue weighted by Crippen LogP contribution is 2.27. The Morgan fingerprint density at radius 1 is 0.821 bits per heavy atom. The Morgan fingerprint density at radius 3 is 2.32 bits per heavy atom. The molecule has 0 aliphatic carbocycles. The van der Waals surface area contributed by atoms with Crippen molar-refractivity contribution in [2.24, 2.45) is 0 Å². The summed E-state index contributed by atoms with van der Waals surface area (Å²) in [6, 6.07) is 20.5. The van der Waals surface area contributed by atoms with Gasteiger partial charge in [-0.2, -0.15) is 0 Å². The van der Waals surface area contributed by atoms with Crippen molar-refractivity contribution in [3.05, 3.63) is 88.4 Å². The standard InChI is InChI=1S/C21H16Cl2N2O3/c22-15-9-10-19(18(23)12-15)28-13-20(26)24-17-8-4-5-14(11-17)21(27)25-16-6-2-1-3-7-16/h1-12H,13H2,(H,24,26)(H,25,27). The van der Waals surface area contributed by atoms with E-state index >= 15 is 0 Å². The molecule has 2 amide bonds. The van der Waals surface area contributed by atoms with Crippen molar-refractivity contribution in [1.29, 1.82) is 0 Å². The van der Waals surface area contributed by atoms with Crippen molar-refractivity contribution in [3.63, 3.8) is 0 Å². The maximum absolute atomic E-state index is 12.4. The second kappa shape index (κ2) is 9.26. The van der Waals surface area contributed by atoms with E-state index in [0.29, 0.717) is 32.7 Å². The first-order chi connectivity index (χ1) is 13.5. The molecule has 3 aromatic rings. The Labute approximate surface area is 172 Å². The number of carbonyl (C=O) groups is 2. The molecule has 0 saturated carbocycles. The smallest absolute Gasteiger partial charge is 0.262 e. The summed E-state index contributed by atoms with van der Waals surface area (Å²) in [5.41, 5.74) is 1.59.